The number of carbonyl (C=O) groups excluding carboxylic acids is 1. The second kappa shape index (κ2) is 15.1. The van der Waals surface area contributed by atoms with Gasteiger partial charge in [-0.25, -0.2) is 4.98 Å². The van der Waals surface area contributed by atoms with Gasteiger partial charge in [0.05, 0.1) is 11.2 Å². The van der Waals surface area contributed by atoms with Crippen LogP contribution in [-0.2, 0) is 17.9 Å². The molecule has 1 aliphatic rings. The molecule has 0 N–H and O–H groups in total. The molecule has 5 aromatic rings. The fraction of sp³-hybridized carbons (Fsp3) is 0.200. The summed E-state index contributed by atoms with van der Waals surface area (Å²) in [4.78, 5) is 21.7. The molecule has 1 aliphatic heterocycles. The molecular weight excluding hydrogens is 606 g/mol. The number of hydrogen-bond acceptors (Lipinski definition) is 5. The minimum absolute atomic E-state index is 0.000136. The van der Waals surface area contributed by atoms with Crippen LogP contribution in [0.15, 0.2) is 115 Å². The zero-order valence-corrected chi connectivity index (χ0v) is 27.5. The Morgan fingerprint density at radius 1 is 0.830 bits per heavy atom. The van der Waals surface area contributed by atoms with Crippen LogP contribution in [0.1, 0.15) is 27.8 Å². The maximum Gasteiger partial charge on any atom is 0.246 e. The molecule has 6 rings (SSSR count). The molecule has 0 atom stereocenters. The van der Waals surface area contributed by atoms with Crippen LogP contribution in [0.2, 0.25) is 5.02 Å². The third-order valence-corrected chi connectivity index (χ3v) is 8.54. The summed E-state index contributed by atoms with van der Waals surface area (Å²) in [7, 11) is 0. The molecule has 1 saturated heterocycles. The van der Waals surface area contributed by atoms with E-state index in [1.807, 2.05) is 36.1 Å². The number of pyridine rings is 1. The largest absolute Gasteiger partial charge is 0.487 e. The number of ether oxygens (including phenoxy) is 2. The Balaban J connectivity index is 0.978. The summed E-state index contributed by atoms with van der Waals surface area (Å²) in [5.41, 5.74) is 7.70. The Labute approximate surface area is 281 Å². The Hall–Kier alpha value is -4.91. The molecule has 1 amide bonds. The van der Waals surface area contributed by atoms with Gasteiger partial charge in [0.1, 0.15) is 12.4 Å². The third kappa shape index (κ3) is 8.67. The van der Waals surface area contributed by atoms with Gasteiger partial charge in [0.25, 0.3) is 0 Å². The fourth-order valence-corrected chi connectivity index (χ4v) is 5.86. The van der Waals surface area contributed by atoms with Gasteiger partial charge in [0, 0.05) is 44.9 Å². The first-order chi connectivity index (χ1) is 22.9. The van der Waals surface area contributed by atoms with Crippen molar-refractivity contribution in [2.45, 2.75) is 27.0 Å². The monoisotopic (exact) mass is 643 g/mol. The number of benzene rings is 4. The zero-order valence-electron chi connectivity index (χ0n) is 26.7. The Morgan fingerprint density at radius 3 is 2.21 bits per heavy atom. The summed E-state index contributed by atoms with van der Waals surface area (Å²) in [6.07, 6.45) is 5.07. The highest BCUT2D eigenvalue weighted by Crippen LogP contribution is 2.34. The number of aromatic nitrogens is 1. The minimum Gasteiger partial charge on any atom is -0.487 e. The molecule has 238 valence electrons. The molecule has 0 unspecified atom stereocenters. The predicted octanol–water partition coefficient (Wildman–Crippen LogP) is 8.75. The van der Waals surface area contributed by atoms with Crippen molar-refractivity contribution in [3.8, 4) is 28.5 Å². The van der Waals surface area contributed by atoms with E-state index in [1.54, 1.807) is 24.4 Å². The first-order valence-electron chi connectivity index (χ1n) is 15.9. The van der Waals surface area contributed by atoms with Crippen molar-refractivity contribution in [1.82, 2.24) is 14.8 Å². The van der Waals surface area contributed by atoms with Gasteiger partial charge in [-0.3, -0.25) is 9.69 Å². The van der Waals surface area contributed by atoms with Crippen molar-refractivity contribution in [3.05, 3.63) is 148 Å². The van der Waals surface area contributed by atoms with Crippen molar-refractivity contribution < 1.29 is 14.3 Å². The van der Waals surface area contributed by atoms with Crippen molar-refractivity contribution in [1.29, 1.82) is 0 Å². The van der Waals surface area contributed by atoms with Crippen molar-refractivity contribution in [2.75, 3.05) is 26.2 Å². The predicted molar refractivity (Wildman–Crippen MR) is 189 cm³/mol. The number of piperazine rings is 1. The second-order valence-corrected chi connectivity index (χ2v) is 12.3. The second-order valence-electron chi connectivity index (χ2n) is 11.9. The SMILES string of the molecule is Cc1ccc(COc2ccc(Oc3c(C)cc(C=CC(=O)N4CCN(Cc5ccc(-c6ccccc6)cc5)CC4)cc3Cl)nc2)cc1. The highest BCUT2D eigenvalue weighted by atomic mass is 35.5. The molecule has 0 radical (unpaired) electrons. The molecule has 1 fully saturated rings. The average molecular weight is 644 g/mol. The van der Waals surface area contributed by atoms with Gasteiger partial charge in [0.15, 0.2) is 5.75 Å². The van der Waals surface area contributed by atoms with Crippen LogP contribution in [-0.4, -0.2) is 46.9 Å². The van der Waals surface area contributed by atoms with Crippen LogP contribution in [0.5, 0.6) is 17.4 Å². The zero-order chi connectivity index (χ0) is 32.6. The smallest absolute Gasteiger partial charge is 0.246 e. The third-order valence-electron chi connectivity index (χ3n) is 8.26. The van der Waals surface area contributed by atoms with E-state index in [0.717, 1.165) is 36.3 Å². The van der Waals surface area contributed by atoms with Crippen LogP contribution < -0.4 is 9.47 Å². The molecule has 7 heteroatoms. The maximum absolute atomic E-state index is 13.0. The summed E-state index contributed by atoms with van der Waals surface area (Å²) in [5, 5.41) is 0.448. The van der Waals surface area contributed by atoms with Gasteiger partial charge >= 0.3 is 0 Å². The number of amides is 1. The van der Waals surface area contributed by atoms with Crippen molar-refractivity contribution in [3.63, 3.8) is 0 Å². The van der Waals surface area contributed by atoms with Crippen LogP contribution in [0.3, 0.4) is 0 Å². The first kappa shape index (κ1) is 32.0. The van der Waals surface area contributed by atoms with E-state index in [0.29, 0.717) is 42.1 Å². The average Bonchev–Trinajstić information content (AvgIpc) is 3.10. The van der Waals surface area contributed by atoms with Crippen molar-refractivity contribution >= 4 is 23.6 Å². The molecule has 0 saturated carbocycles. The molecule has 0 spiro atoms. The van der Waals surface area contributed by atoms with Gasteiger partial charge in [-0.15, -0.1) is 0 Å². The molecule has 47 heavy (non-hydrogen) atoms. The molecule has 0 bridgehead atoms. The number of nitrogens with zero attached hydrogens (tertiary/aromatic N) is 3. The Bertz CT molecular complexity index is 1790. The van der Waals surface area contributed by atoms with Crippen LogP contribution in [0, 0.1) is 13.8 Å². The van der Waals surface area contributed by atoms with Crippen LogP contribution >= 0.6 is 11.6 Å². The van der Waals surface area contributed by atoms with E-state index >= 15 is 0 Å². The van der Waals surface area contributed by atoms with Gasteiger partial charge < -0.3 is 14.4 Å². The van der Waals surface area contributed by atoms with E-state index in [4.69, 9.17) is 21.1 Å². The standard InChI is InChI=1S/C40H38ClN3O3/c1-29-8-10-32(11-9-29)28-46-36-17-18-38(42-26-36)47-40-30(2)24-33(25-37(40)41)14-19-39(45)44-22-20-43(21-23-44)27-31-12-15-35(16-13-31)34-6-4-3-5-7-34/h3-19,24-26H,20-23,27-28H2,1-2H3. The van der Waals surface area contributed by atoms with Gasteiger partial charge in [-0.2, -0.15) is 0 Å². The van der Waals surface area contributed by atoms with Gasteiger partial charge in [-0.05, 0) is 71.5 Å². The number of halogens is 1. The van der Waals surface area contributed by atoms with E-state index in [9.17, 15) is 4.79 Å². The topological polar surface area (TPSA) is 54.9 Å². The lowest BCUT2D eigenvalue weighted by molar-refractivity contribution is -0.127. The molecular formula is C40H38ClN3O3. The molecule has 4 aromatic carbocycles. The maximum atomic E-state index is 13.0. The van der Waals surface area contributed by atoms with Crippen LogP contribution in [0.25, 0.3) is 17.2 Å². The molecule has 0 aliphatic carbocycles. The summed E-state index contributed by atoms with van der Waals surface area (Å²) in [6.45, 7) is 8.39. The first-order valence-corrected chi connectivity index (χ1v) is 16.2. The summed E-state index contributed by atoms with van der Waals surface area (Å²) in [5.74, 6) is 1.60. The number of hydrogen-bond donors (Lipinski definition) is 0. The molecule has 2 heterocycles. The molecule has 1 aromatic heterocycles. The molecule has 6 nitrogen and oxygen atoms in total. The van der Waals surface area contributed by atoms with Gasteiger partial charge in [-0.1, -0.05) is 96.0 Å². The lowest BCUT2D eigenvalue weighted by Gasteiger charge is -2.34. The lowest BCUT2D eigenvalue weighted by atomic mass is 10.0. The summed E-state index contributed by atoms with van der Waals surface area (Å²) in [6, 6.07) is 34.7. The van der Waals surface area contributed by atoms with E-state index in [1.165, 1.54) is 22.3 Å². The number of aryl methyl sites for hydroxylation is 2. The van der Waals surface area contributed by atoms with E-state index < -0.39 is 0 Å². The number of carbonyl (C=O) groups is 1. The quantitative estimate of drug-likeness (QED) is 0.142. The fourth-order valence-electron chi connectivity index (χ4n) is 5.54. The van der Waals surface area contributed by atoms with E-state index in [-0.39, 0.29) is 5.91 Å². The highest BCUT2D eigenvalue weighted by molar-refractivity contribution is 6.32. The van der Waals surface area contributed by atoms with Gasteiger partial charge in [0.2, 0.25) is 11.8 Å². The Kier molecular flexibility index (Phi) is 10.3. The van der Waals surface area contributed by atoms with Crippen LogP contribution in [0.4, 0.5) is 0 Å². The Morgan fingerprint density at radius 2 is 1.53 bits per heavy atom. The normalized spacial score (nSPS) is 13.6. The van der Waals surface area contributed by atoms with Crippen molar-refractivity contribution in [2.24, 2.45) is 0 Å². The van der Waals surface area contributed by atoms with E-state index in [2.05, 4.69) is 89.6 Å². The summed E-state index contributed by atoms with van der Waals surface area (Å²) < 4.78 is 11.9. The number of rotatable bonds is 10. The lowest BCUT2D eigenvalue weighted by Crippen LogP contribution is -2.47. The summed E-state index contributed by atoms with van der Waals surface area (Å²) >= 11 is 6.62. The highest BCUT2D eigenvalue weighted by Gasteiger charge is 2.20. The minimum atomic E-state index is -0.000136.